The number of para-hydroxylation sites is 1. The average molecular weight is 600 g/mol. The van der Waals surface area contributed by atoms with E-state index in [1.165, 1.54) is 55.3 Å². The van der Waals surface area contributed by atoms with Crippen molar-refractivity contribution in [3.8, 4) is 44.5 Å². The molecular weight excluding hydrogens is 567 g/mol. The quantitative estimate of drug-likeness (QED) is 0.176. The Morgan fingerprint density at radius 1 is 0.277 bits per heavy atom. The van der Waals surface area contributed by atoms with Gasteiger partial charge in [0.05, 0.1) is 5.69 Å². The van der Waals surface area contributed by atoms with E-state index in [9.17, 15) is 0 Å². The Morgan fingerprint density at radius 2 is 0.745 bits per heavy atom. The molecule has 8 aromatic rings. The highest BCUT2D eigenvalue weighted by molar-refractivity contribution is 5.98. The lowest BCUT2D eigenvalue weighted by Crippen LogP contribution is -2.11. The van der Waals surface area contributed by atoms with Crippen LogP contribution in [0.5, 0.6) is 0 Å². The molecule has 0 aromatic heterocycles. The van der Waals surface area contributed by atoms with Crippen LogP contribution in [0.15, 0.2) is 200 Å². The van der Waals surface area contributed by atoms with E-state index >= 15 is 0 Å². The zero-order valence-electron chi connectivity index (χ0n) is 26.0. The first-order valence-corrected chi connectivity index (χ1v) is 16.1. The van der Waals surface area contributed by atoms with Gasteiger partial charge in [0.2, 0.25) is 0 Å². The fourth-order valence-electron chi connectivity index (χ4n) is 6.56. The first-order chi connectivity index (χ1) is 23.3. The summed E-state index contributed by atoms with van der Waals surface area (Å²) in [5, 5.41) is 2.50. The summed E-state index contributed by atoms with van der Waals surface area (Å²) in [6.07, 6.45) is 0. The van der Waals surface area contributed by atoms with E-state index in [0.717, 1.165) is 17.1 Å². The van der Waals surface area contributed by atoms with Gasteiger partial charge in [0.1, 0.15) is 0 Å². The van der Waals surface area contributed by atoms with Crippen LogP contribution in [0, 0.1) is 0 Å². The molecule has 0 aliphatic carbocycles. The molecule has 0 radical (unpaired) electrons. The SMILES string of the molecule is c1ccc(-c2ccc(-c3cccc(N(c4cccc(-c5cccc6ccccc56)c4)c4ccccc4-c4ccccc4)c3)cc2)cc1. The van der Waals surface area contributed by atoms with Crippen molar-refractivity contribution in [2.24, 2.45) is 0 Å². The minimum atomic E-state index is 1.10. The summed E-state index contributed by atoms with van der Waals surface area (Å²) in [5.41, 5.74) is 12.9. The van der Waals surface area contributed by atoms with Crippen molar-refractivity contribution in [3.05, 3.63) is 200 Å². The van der Waals surface area contributed by atoms with Gasteiger partial charge in [-0.15, -0.1) is 0 Å². The van der Waals surface area contributed by atoms with Crippen LogP contribution in [-0.4, -0.2) is 0 Å². The van der Waals surface area contributed by atoms with Crippen LogP contribution in [0.25, 0.3) is 55.3 Å². The van der Waals surface area contributed by atoms with Crippen molar-refractivity contribution in [3.63, 3.8) is 0 Å². The Bertz CT molecular complexity index is 2280. The Labute approximate surface area is 276 Å². The number of nitrogens with zero attached hydrogens (tertiary/aromatic N) is 1. The Morgan fingerprint density at radius 3 is 1.49 bits per heavy atom. The first kappa shape index (κ1) is 28.3. The van der Waals surface area contributed by atoms with E-state index in [1.807, 2.05) is 0 Å². The maximum absolute atomic E-state index is 2.40. The Balaban J connectivity index is 1.27. The lowest BCUT2D eigenvalue weighted by Gasteiger charge is -2.29. The average Bonchev–Trinajstić information content (AvgIpc) is 3.16. The van der Waals surface area contributed by atoms with Crippen LogP contribution in [0.1, 0.15) is 0 Å². The highest BCUT2D eigenvalue weighted by Gasteiger charge is 2.18. The summed E-state index contributed by atoms with van der Waals surface area (Å²) in [6, 6.07) is 71.8. The van der Waals surface area contributed by atoms with Gasteiger partial charge in [0, 0.05) is 16.9 Å². The predicted octanol–water partition coefficient (Wildman–Crippen LogP) is 13.0. The molecule has 0 atom stereocenters. The number of fused-ring (bicyclic) bond motifs is 1. The van der Waals surface area contributed by atoms with E-state index in [2.05, 4.69) is 205 Å². The zero-order valence-corrected chi connectivity index (χ0v) is 26.0. The molecule has 8 aromatic carbocycles. The third-order valence-electron chi connectivity index (χ3n) is 8.86. The molecule has 0 bridgehead atoms. The van der Waals surface area contributed by atoms with Gasteiger partial charge in [0.15, 0.2) is 0 Å². The molecule has 222 valence electrons. The lowest BCUT2D eigenvalue weighted by atomic mass is 9.97. The van der Waals surface area contributed by atoms with E-state index < -0.39 is 0 Å². The third kappa shape index (κ3) is 5.72. The Kier molecular flexibility index (Phi) is 7.63. The summed E-state index contributed by atoms with van der Waals surface area (Å²) in [6.45, 7) is 0. The maximum Gasteiger partial charge on any atom is 0.0540 e. The van der Waals surface area contributed by atoms with Gasteiger partial charge in [-0.2, -0.15) is 0 Å². The second kappa shape index (κ2) is 12.7. The third-order valence-corrected chi connectivity index (χ3v) is 8.86. The van der Waals surface area contributed by atoms with Crippen molar-refractivity contribution in [2.45, 2.75) is 0 Å². The molecule has 0 amide bonds. The number of rotatable bonds is 7. The number of hydrogen-bond donors (Lipinski definition) is 0. The lowest BCUT2D eigenvalue weighted by molar-refractivity contribution is 1.28. The molecule has 0 fully saturated rings. The smallest absolute Gasteiger partial charge is 0.0540 e. The van der Waals surface area contributed by atoms with Crippen LogP contribution < -0.4 is 4.90 Å². The van der Waals surface area contributed by atoms with E-state index in [4.69, 9.17) is 0 Å². The standard InChI is InChI=1S/C46H33N/c1-3-14-34(15-4-1)35-28-30-36(31-29-35)39-20-11-22-41(32-39)47(46-27-10-9-25-45(46)38-16-5-2-6-17-38)42-23-12-21-40(33-42)44-26-13-19-37-18-7-8-24-43(37)44/h1-33H. The second-order valence-electron chi connectivity index (χ2n) is 11.8. The second-order valence-corrected chi connectivity index (χ2v) is 11.8. The molecule has 0 aliphatic rings. The highest BCUT2D eigenvalue weighted by atomic mass is 15.1. The van der Waals surface area contributed by atoms with Gasteiger partial charge in [-0.1, -0.05) is 170 Å². The van der Waals surface area contributed by atoms with Gasteiger partial charge in [0.25, 0.3) is 0 Å². The molecule has 0 N–H and O–H groups in total. The van der Waals surface area contributed by atoms with Gasteiger partial charge < -0.3 is 4.90 Å². The van der Waals surface area contributed by atoms with Crippen molar-refractivity contribution in [1.82, 2.24) is 0 Å². The van der Waals surface area contributed by atoms with Crippen LogP contribution in [0.3, 0.4) is 0 Å². The molecule has 8 rings (SSSR count). The molecule has 1 heteroatoms. The van der Waals surface area contributed by atoms with Crippen LogP contribution >= 0.6 is 0 Å². The van der Waals surface area contributed by atoms with Crippen LogP contribution in [0.2, 0.25) is 0 Å². The van der Waals surface area contributed by atoms with Crippen LogP contribution in [-0.2, 0) is 0 Å². The summed E-state index contributed by atoms with van der Waals surface area (Å²) < 4.78 is 0. The molecule has 0 saturated carbocycles. The molecule has 1 nitrogen and oxygen atoms in total. The van der Waals surface area contributed by atoms with Gasteiger partial charge >= 0.3 is 0 Å². The summed E-state index contributed by atoms with van der Waals surface area (Å²) >= 11 is 0. The van der Waals surface area contributed by atoms with Gasteiger partial charge in [-0.25, -0.2) is 0 Å². The fraction of sp³-hybridized carbons (Fsp3) is 0. The Hall–Kier alpha value is -6.18. The van der Waals surface area contributed by atoms with E-state index in [0.29, 0.717) is 0 Å². The van der Waals surface area contributed by atoms with E-state index in [1.54, 1.807) is 0 Å². The van der Waals surface area contributed by atoms with E-state index in [-0.39, 0.29) is 0 Å². The number of benzene rings is 8. The highest BCUT2D eigenvalue weighted by Crippen LogP contribution is 2.43. The monoisotopic (exact) mass is 599 g/mol. The zero-order chi connectivity index (χ0) is 31.4. The summed E-state index contributed by atoms with van der Waals surface area (Å²) in [5.74, 6) is 0. The largest absolute Gasteiger partial charge is 0.310 e. The van der Waals surface area contributed by atoms with Gasteiger partial charge in [-0.05, 0) is 80.0 Å². The topological polar surface area (TPSA) is 3.24 Å². The number of anilines is 3. The number of hydrogen-bond acceptors (Lipinski definition) is 1. The maximum atomic E-state index is 2.40. The predicted molar refractivity (Wildman–Crippen MR) is 200 cm³/mol. The van der Waals surface area contributed by atoms with Crippen molar-refractivity contribution in [1.29, 1.82) is 0 Å². The molecule has 0 unspecified atom stereocenters. The minimum Gasteiger partial charge on any atom is -0.310 e. The molecular formula is C46H33N. The fourth-order valence-corrected chi connectivity index (χ4v) is 6.56. The molecule has 0 saturated heterocycles. The molecule has 0 heterocycles. The normalized spacial score (nSPS) is 11.0. The van der Waals surface area contributed by atoms with Crippen LogP contribution in [0.4, 0.5) is 17.1 Å². The molecule has 0 aliphatic heterocycles. The molecule has 0 spiro atoms. The first-order valence-electron chi connectivity index (χ1n) is 16.1. The summed E-state index contributed by atoms with van der Waals surface area (Å²) in [7, 11) is 0. The molecule has 47 heavy (non-hydrogen) atoms. The van der Waals surface area contributed by atoms with Crippen molar-refractivity contribution >= 4 is 27.8 Å². The summed E-state index contributed by atoms with van der Waals surface area (Å²) in [4.78, 5) is 2.40. The minimum absolute atomic E-state index is 1.10. The van der Waals surface area contributed by atoms with Crippen molar-refractivity contribution in [2.75, 3.05) is 4.90 Å². The van der Waals surface area contributed by atoms with Crippen molar-refractivity contribution < 1.29 is 0 Å². The van der Waals surface area contributed by atoms with Gasteiger partial charge in [-0.3, -0.25) is 0 Å².